The molecule has 1 N–H and O–H groups in total. The molecular formula is C24H32N2O6. The van der Waals surface area contributed by atoms with Gasteiger partial charge in [-0.1, -0.05) is 12.1 Å². The van der Waals surface area contributed by atoms with Crippen LogP contribution in [0.2, 0.25) is 0 Å². The van der Waals surface area contributed by atoms with Gasteiger partial charge in [0, 0.05) is 46.6 Å². The van der Waals surface area contributed by atoms with Crippen LogP contribution >= 0.6 is 0 Å². The average Bonchev–Trinajstić information content (AvgIpc) is 3.27. The van der Waals surface area contributed by atoms with Crippen LogP contribution in [0.1, 0.15) is 28.4 Å². The third kappa shape index (κ3) is 6.43. The Hall–Kier alpha value is -2.65. The van der Waals surface area contributed by atoms with Crippen molar-refractivity contribution in [3.63, 3.8) is 0 Å². The lowest BCUT2D eigenvalue weighted by Gasteiger charge is -2.34. The number of likely N-dealkylation sites (N-methyl/N-ethyl adjacent to an activating group) is 1. The van der Waals surface area contributed by atoms with Gasteiger partial charge in [0.25, 0.3) is 0 Å². The van der Waals surface area contributed by atoms with Crippen molar-refractivity contribution in [3.8, 4) is 5.75 Å². The lowest BCUT2D eigenvalue weighted by molar-refractivity contribution is -0.0671. The van der Waals surface area contributed by atoms with E-state index in [0.29, 0.717) is 6.79 Å². The second-order valence-corrected chi connectivity index (χ2v) is 7.85. The minimum absolute atomic E-state index is 0.0259. The largest absolute Gasteiger partial charge is 0.478 e. The maximum atomic E-state index is 11.2. The van der Waals surface area contributed by atoms with Crippen molar-refractivity contribution in [2.75, 3.05) is 59.4 Å². The Kier molecular flexibility index (Phi) is 8.87. The number of nitrogens with zero attached hydrogens (tertiary/aromatic N) is 2. The van der Waals surface area contributed by atoms with E-state index in [1.165, 1.54) is 0 Å². The van der Waals surface area contributed by atoms with Crippen LogP contribution < -0.4 is 9.64 Å². The fourth-order valence-electron chi connectivity index (χ4n) is 3.92. The average molecular weight is 445 g/mol. The number of aromatic carboxylic acids is 1. The number of hydrogen-bond donors (Lipinski definition) is 1. The fourth-order valence-corrected chi connectivity index (χ4v) is 3.92. The number of likely N-dealkylation sites (tertiary alicyclic amines) is 1. The molecule has 1 aliphatic rings. The molecule has 8 nitrogen and oxygen atoms in total. The van der Waals surface area contributed by atoms with E-state index in [1.807, 2.05) is 37.4 Å². The van der Waals surface area contributed by atoms with Crippen LogP contribution in [0.25, 0.3) is 0 Å². The Balaban J connectivity index is 1.81. The second kappa shape index (κ2) is 11.8. The van der Waals surface area contributed by atoms with Crippen molar-refractivity contribution >= 4 is 11.7 Å². The molecule has 0 aliphatic carbocycles. The van der Waals surface area contributed by atoms with Crippen LogP contribution in [-0.2, 0) is 14.2 Å². The highest BCUT2D eigenvalue weighted by molar-refractivity contribution is 5.88. The van der Waals surface area contributed by atoms with Crippen LogP contribution in [0.3, 0.4) is 0 Å². The number of benzene rings is 2. The summed E-state index contributed by atoms with van der Waals surface area (Å²) in [6.07, 6.45) is 1.12. The number of methoxy groups -OCH3 is 2. The maximum absolute atomic E-state index is 11.2. The van der Waals surface area contributed by atoms with Gasteiger partial charge in [-0.15, -0.1) is 0 Å². The predicted octanol–water partition coefficient (Wildman–Crippen LogP) is 3.24. The van der Waals surface area contributed by atoms with E-state index in [-0.39, 0.29) is 24.5 Å². The molecule has 3 rings (SSSR count). The molecule has 32 heavy (non-hydrogen) atoms. The van der Waals surface area contributed by atoms with Crippen LogP contribution in [0.15, 0.2) is 48.5 Å². The summed E-state index contributed by atoms with van der Waals surface area (Å²) in [6, 6.07) is 15.0. The highest BCUT2D eigenvalue weighted by Gasteiger charge is 2.28. The number of hydrogen-bond acceptors (Lipinski definition) is 7. The molecule has 2 atom stereocenters. The zero-order valence-electron chi connectivity index (χ0n) is 18.9. The van der Waals surface area contributed by atoms with Gasteiger partial charge in [-0.2, -0.15) is 0 Å². The Morgan fingerprint density at radius 1 is 1.16 bits per heavy atom. The zero-order valence-corrected chi connectivity index (χ0v) is 18.9. The third-order valence-corrected chi connectivity index (χ3v) is 5.66. The first kappa shape index (κ1) is 24.0. The molecule has 0 radical (unpaired) electrons. The van der Waals surface area contributed by atoms with Gasteiger partial charge in [-0.25, -0.2) is 4.79 Å². The zero-order chi connectivity index (χ0) is 22.9. The minimum Gasteiger partial charge on any atom is -0.478 e. The monoisotopic (exact) mass is 444 g/mol. The summed E-state index contributed by atoms with van der Waals surface area (Å²) in [6.45, 7) is 3.06. The first-order valence-electron chi connectivity index (χ1n) is 10.6. The predicted molar refractivity (Wildman–Crippen MR) is 121 cm³/mol. The summed E-state index contributed by atoms with van der Waals surface area (Å²) in [5.41, 5.74) is 2.31. The molecule has 0 spiro atoms. The highest BCUT2D eigenvalue weighted by Crippen LogP contribution is 2.30. The first-order valence-corrected chi connectivity index (χ1v) is 10.6. The van der Waals surface area contributed by atoms with Gasteiger partial charge < -0.3 is 29.0 Å². The molecule has 0 amide bonds. The topological polar surface area (TPSA) is 80.7 Å². The smallest absolute Gasteiger partial charge is 0.335 e. The molecule has 1 saturated heterocycles. The number of carbonyl (C=O) groups is 1. The minimum atomic E-state index is -0.932. The molecule has 2 aromatic rings. The van der Waals surface area contributed by atoms with Gasteiger partial charge in [0.2, 0.25) is 0 Å². The van der Waals surface area contributed by atoms with E-state index in [9.17, 15) is 9.90 Å². The molecule has 1 heterocycles. The van der Waals surface area contributed by atoms with Crippen LogP contribution in [0.4, 0.5) is 5.69 Å². The first-order chi connectivity index (χ1) is 15.5. The van der Waals surface area contributed by atoms with E-state index >= 15 is 0 Å². The van der Waals surface area contributed by atoms with E-state index in [4.69, 9.17) is 18.9 Å². The fraction of sp³-hybridized carbons (Fsp3) is 0.458. The maximum Gasteiger partial charge on any atom is 0.335 e. The quantitative estimate of drug-likeness (QED) is 0.500. The Morgan fingerprint density at radius 3 is 2.59 bits per heavy atom. The third-order valence-electron chi connectivity index (χ3n) is 5.66. The van der Waals surface area contributed by atoms with Crippen LogP contribution in [0, 0.1) is 0 Å². The molecule has 2 aromatic carbocycles. The molecule has 0 aromatic heterocycles. The lowest BCUT2D eigenvalue weighted by Crippen LogP contribution is -2.36. The summed E-state index contributed by atoms with van der Waals surface area (Å²) >= 11 is 0. The standard InChI is InChI=1S/C24H32N2O6/c1-25(20-9-7-18(8-10-20)24(27)28)23(15-26-12-11-22(14-26)32-17-30-3)19-5-4-6-21(13-19)31-16-29-2/h4-10,13,22-23H,11-12,14-17H2,1-3H3,(H,27,28)/t22-,23-/m0/s1. The number of anilines is 1. The van der Waals surface area contributed by atoms with Crippen molar-refractivity contribution in [2.24, 2.45) is 0 Å². The Labute approximate surface area is 189 Å². The molecule has 1 fully saturated rings. The Bertz CT molecular complexity index is 860. The van der Waals surface area contributed by atoms with Crippen molar-refractivity contribution in [2.45, 2.75) is 18.6 Å². The molecule has 8 heteroatoms. The summed E-state index contributed by atoms with van der Waals surface area (Å²) in [4.78, 5) is 15.8. The Morgan fingerprint density at radius 2 is 1.91 bits per heavy atom. The molecule has 0 unspecified atom stereocenters. The van der Waals surface area contributed by atoms with Gasteiger partial charge in [-0.3, -0.25) is 4.90 Å². The summed E-state index contributed by atoms with van der Waals surface area (Å²) < 4.78 is 21.5. The normalized spacial score (nSPS) is 17.3. The van der Waals surface area contributed by atoms with Crippen molar-refractivity contribution < 1.29 is 28.8 Å². The molecule has 0 bridgehead atoms. The SMILES string of the molecule is COCOc1cccc([C@H](CN2CC[C@H](OCOC)C2)N(C)c2ccc(C(=O)O)cc2)c1. The van der Waals surface area contributed by atoms with E-state index in [1.54, 1.807) is 26.4 Å². The van der Waals surface area contributed by atoms with Crippen molar-refractivity contribution in [1.29, 1.82) is 0 Å². The molecule has 174 valence electrons. The van der Waals surface area contributed by atoms with E-state index < -0.39 is 5.97 Å². The van der Waals surface area contributed by atoms with Gasteiger partial charge in [0.1, 0.15) is 12.5 Å². The van der Waals surface area contributed by atoms with E-state index in [0.717, 1.165) is 43.1 Å². The van der Waals surface area contributed by atoms with Crippen molar-refractivity contribution in [3.05, 3.63) is 59.7 Å². The van der Waals surface area contributed by atoms with E-state index in [2.05, 4.69) is 15.9 Å². The second-order valence-electron chi connectivity index (χ2n) is 7.85. The van der Waals surface area contributed by atoms with Crippen LogP contribution in [0.5, 0.6) is 5.75 Å². The number of carboxylic acid groups (broad SMARTS) is 1. The van der Waals surface area contributed by atoms with Crippen molar-refractivity contribution in [1.82, 2.24) is 4.90 Å². The summed E-state index contributed by atoms with van der Waals surface area (Å²) in [5.74, 6) is -0.190. The van der Waals surface area contributed by atoms with Crippen LogP contribution in [-0.4, -0.2) is 76.6 Å². The number of rotatable bonds is 12. The highest BCUT2D eigenvalue weighted by atomic mass is 16.7. The summed E-state index contributed by atoms with van der Waals surface area (Å²) in [5, 5.41) is 9.21. The molecular weight excluding hydrogens is 412 g/mol. The molecule has 1 aliphatic heterocycles. The lowest BCUT2D eigenvalue weighted by atomic mass is 10.0. The van der Waals surface area contributed by atoms with Gasteiger partial charge in [0.05, 0.1) is 17.7 Å². The molecule has 0 saturated carbocycles. The van der Waals surface area contributed by atoms with Gasteiger partial charge in [-0.05, 0) is 48.4 Å². The van der Waals surface area contributed by atoms with Gasteiger partial charge >= 0.3 is 5.97 Å². The summed E-state index contributed by atoms with van der Waals surface area (Å²) in [7, 11) is 5.25. The van der Waals surface area contributed by atoms with Gasteiger partial charge in [0.15, 0.2) is 6.79 Å². The number of carboxylic acids is 1. The number of ether oxygens (including phenoxy) is 4.